The summed E-state index contributed by atoms with van der Waals surface area (Å²) in [7, 11) is 1.58. The molecule has 3 rings (SSSR count). The van der Waals surface area contributed by atoms with Crippen molar-refractivity contribution in [3.63, 3.8) is 0 Å². The van der Waals surface area contributed by atoms with Crippen molar-refractivity contribution in [2.24, 2.45) is 10.9 Å². The van der Waals surface area contributed by atoms with Gasteiger partial charge in [0, 0.05) is 5.56 Å². The molecule has 17 heavy (non-hydrogen) atoms. The summed E-state index contributed by atoms with van der Waals surface area (Å²) in [6.45, 7) is 0. The Bertz CT molecular complexity index is 582. The van der Waals surface area contributed by atoms with Gasteiger partial charge < -0.3 is 4.74 Å². The van der Waals surface area contributed by atoms with E-state index < -0.39 is 0 Å². The summed E-state index contributed by atoms with van der Waals surface area (Å²) in [5.74, 6) is 0.341. The standard InChI is InChI=1S/C14H11NO2/c1-17-12-8-4-7-11-13(12)14(16)9-5-2-3-6-10(9)15-11/h2-8,13H,1H3. The van der Waals surface area contributed by atoms with Gasteiger partial charge in [-0.15, -0.1) is 0 Å². The molecule has 1 atom stereocenters. The SMILES string of the molecule is COC1=CC=CC2=Nc3ccccc3C(=O)C12. The van der Waals surface area contributed by atoms with Crippen LogP contribution in [0.4, 0.5) is 5.69 Å². The van der Waals surface area contributed by atoms with Crippen LogP contribution in [0.15, 0.2) is 53.2 Å². The maximum atomic E-state index is 12.4. The van der Waals surface area contributed by atoms with Crippen molar-refractivity contribution in [2.45, 2.75) is 0 Å². The summed E-state index contributed by atoms with van der Waals surface area (Å²) in [4.78, 5) is 16.9. The van der Waals surface area contributed by atoms with Crippen LogP contribution in [0.25, 0.3) is 0 Å². The summed E-state index contributed by atoms with van der Waals surface area (Å²) in [5.41, 5.74) is 2.17. The molecule has 1 unspecified atom stereocenters. The molecule has 1 heterocycles. The average molecular weight is 225 g/mol. The van der Waals surface area contributed by atoms with E-state index in [9.17, 15) is 4.79 Å². The van der Waals surface area contributed by atoms with Gasteiger partial charge in [-0.05, 0) is 24.3 Å². The Kier molecular flexibility index (Phi) is 2.18. The van der Waals surface area contributed by atoms with E-state index in [0.29, 0.717) is 11.3 Å². The number of methoxy groups -OCH3 is 1. The highest BCUT2D eigenvalue weighted by molar-refractivity contribution is 6.23. The number of allylic oxidation sites excluding steroid dienone is 4. The first-order valence-electron chi connectivity index (χ1n) is 5.45. The first-order valence-corrected chi connectivity index (χ1v) is 5.45. The van der Waals surface area contributed by atoms with Crippen LogP contribution >= 0.6 is 0 Å². The summed E-state index contributed by atoms with van der Waals surface area (Å²) in [6, 6.07) is 7.40. The molecule has 1 aliphatic carbocycles. The zero-order valence-electron chi connectivity index (χ0n) is 9.38. The van der Waals surface area contributed by atoms with Crippen LogP contribution in [-0.2, 0) is 4.74 Å². The predicted octanol–water partition coefficient (Wildman–Crippen LogP) is 2.67. The first-order chi connectivity index (χ1) is 8.31. The highest BCUT2D eigenvalue weighted by Crippen LogP contribution is 2.33. The molecule has 3 nitrogen and oxygen atoms in total. The Morgan fingerprint density at radius 1 is 1.29 bits per heavy atom. The maximum Gasteiger partial charge on any atom is 0.181 e. The Morgan fingerprint density at radius 3 is 2.94 bits per heavy atom. The zero-order valence-corrected chi connectivity index (χ0v) is 9.38. The molecule has 0 saturated heterocycles. The van der Waals surface area contributed by atoms with Crippen LogP contribution in [0.5, 0.6) is 0 Å². The summed E-state index contributed by atoms with van der Waals surface area (Å²) < 4.78 is 5.25. The minimum absolute atomic E-state index is 0.0584. The van der Waals surface area contributed by atoms with E-state index in [1.807, 2.05) is 42.5 Å². The van der Waals surface area contributed by atoms with Gasteiger partial charge in [-0.25, -0.2) is 0 Å². The van der Waals surface area contributed by atoms with Crippen LogP contribution < -0.4 is 0 Å². The van der Waals surface area contributed by atoms with Gasteiger partial charge >= 0.3 is 0 Å². The largest absolute Gasteiger partial charge is 0.500 e. The number of fused-ring (bicyclic) bond motifs is 2. The molecule has 3 heteroatoms. The summed E-state index contributed by atoms with van der Waals surface area (Å²) in [6.07, 6.45) is 5.53. The number of nitrogens with zero attached hydrogens (tertiary/aromatic N) is 1. The third kappa shape index (κ3) is 1.43. The number of hydrogen-bond acceptors (Lipinski definition) is 3. The molecule has 0 spiro atoms. The molecular formula is C14H11NO2. The second-order valence-corrected chi connectivity index (χ2v) is 3.98. The molecule has 0 bridgehead atoms. The quantitative estimate of drug-likeness (QED) is 0.737. The molecule has 0 saturated carbocycles. The van der Waals surface area contributed by atoms with Gasteiger partial charge in [0.05, 0.1) is 18.5 Å². The molecule has 2 aliphatic rings. The molecule has 84 valence electrons. The van der Waals surface area contributed by atoms with Gasteiger partial charge in [-0.3, -0.25) is 9.79 Å². The normalized spacial score (nSPS) is 21.2. The number of rotatable bonds is 1. The number of Topliss-reactive ketones (excluding diaryl/α,β-unsaturated/α-hetero) is 1. The third-order valence-electron chi connectivity index (χ3n) is 3.02. The monoisotopic (exact) mass is 225 g/mol. The van der Waals surface area contributed by atoms with Crippen LogP contribution in [-0.4, -0.2) is 18.6 Å². The number of aliphatic imine (C=N–C) groups is 1. The number of carbonyl (C=O) groups is 1. The van der Waals surface area contributed by atoms with E-state index in [1.165, 1.54) is 0 Å². The van der Waals surface area contributed by atoms with E-state index >= 15 is 0 Å². The van der Waals surface area contributed by atoms with E-state index in [0.717, 1.165) is 11.4 Å². The van der Waals surface area contributed by atoms with Crippen LogP contribution in [0.1, 0.15) is 10.4 Å². The smallest absolute Gasteiger partial charge is 0.181 e. The Morgan fingerprint density at radius 2 is 2.12 bits per heavy atom. The molecule has 0 N–H and O–H groups in total. The fraction of sp³-hybridized carbons (Fsp3) is 0.143. The fourth-order valence-electron chi connectivity index (χ4n) is 2.21. The molecule has 0 amide bonds. The highest BCUT2D eigenvalue weighted by Gasteiger charge is 2.34. The van der Waals surface area contributed by atoms with Crippen LogP contribution in [0, 0.1) is 5.92 Å². The zero-order chi connectivity index (χ0) is 11.8. The molecule has 1 aromatic rings. The number of hydrogen-bond donors (Lipinski definition) is 0. The Hall–Kier alpha value is -2.16. The van der Waals surface area contributed by atoms with E-state index in [-0.39, 0.29) is 11.7 Å². The van der Waals surface area contributed by atoms with Crippen molar-refractivity contribution in [2.75, 3.05) is 7.11 Å². The Labute approximate surface area is 99.1 Å². The summed E-state index contributed by atoms with van der Waals surface area (Å²) in [5, 5.41) is 0. The van der Waals surface area contributed by atoms with Gasteiger partial charge in [0.25, 0.3) is 0 Å². The lowest BCUT2D eigenvalue weighted by Gasteiger charge is -2.25. The molecule has 0 fully saturated rings. The van der Waals surface area contributed by atoms with E-state index in [4.69, 9.17) is 4.74 Å². The number of ketones is 1. The van der Waals surface area contributed by atoms with Crippen molar-refractivity contribution in [3.8, 4) is 0 Å². The summed E-state index contributed by atoms with van der Waals surface area (Å²) >= 11 is 0. The van der Waals surface area contributed by atoms with Crippen molar-refractivity contribution < 1.29 is 9.53 Å². The molecule has 0 aromatic heterocycles. The lowest BCUT2D eigenvalue weighted by molar-refractivity contribution is 0.0937. The predicted molar refractivity (Wildman–Crippen MR) is 65.6 cm³/mol. The topological polar surface area (TPSA) is 38.7 Å². The minimum Gasteiger partial charge on any atom is -0.500 e. The number of carbonyl (C=O) groups excluding carboxylic acids is 1. The maximum absolute atomic E-state index is 12.4. The van der Waals surface area contributed by atoms with Gasteiger partial charge in [0.2, 0.25) is 0 Å². The second-order valence-electron chi connectivity index (χ2n) is 3.98. The second kappa shape index (κ2) is 3.70. The highest BCUT2D eigenvalue weighted by atomic mass is 16.5. The van der Waals surface area contributed by atoms with Crippen molar-refractivity contribution >= 4 is 17.2 Å². The molecule has 1 aliphatic heterocycles. The molecule has 1 aromatic carbocycles. The number of ether oxygens (including phenoxy) is 1. The van der Waals surface area contributed by atoms with Crippen molar-refractivity contribution in [1.82, 2.24) is 0 Å². The average Bonchev–Trinajstić information content (AvgIpc) is 2.38. The Balaban J connectivity index is 2.18. The van der Waals surface area contributed by atoms with Gasteiger partial charge in [-0.2, -0.15) is 0 Å². The number of para-hydroxylation sites is 1. The third-order valence-corrected chi connectivity index (χ3v) is 3.02. The fourth-order valence-corrected chi connectivity index (χ4v) is 2.21. The van der Waals surface area contributed by atoms with E-state index in [1.54, 1.807) is 7.11 Å². The first kappa shape index (κ1) is 10.0. The minimum atomic E-state index is -0.375. The van der Waals surface area contributed by atoms with Crippen LogP contribution in [0.2, 0.25) is 0 Å². The van der Waals surface area contributed by atoms with Gasteiger partial charge in [-0.1, -0.05) is 18.2 Å². The number of benzene rings is 1. The lowest BCUT2D eigenvalue weighted by atomic mass is 9.85. The molecule has 0 radical (unpaired) electrons. The lowest BCUT2D eigenvalue weighted by Crippen LogP contribution is -2.30. The van der Waals surface area contributed by atoms with E-state index in [2.05, 4.69) is 4.99 Å². The van der Waals surface area contributed by atoms with Crippen molar-refractivity contribution in [3.05, 3.63) is 53.8 Å². The molecular weight excluding hydrogens is 214 g/mol. The van der Waals surface area contributed by atoms with Crippen LogP contribution in [0.3, 0.4) is 0 Å². The van der Waals surface area contributed by atoms with Gasteiger partial charge in [0.1, 0.15) is 11.7 Å². The van der Waals surface area contributed by atoms with Crippen molar-refractivity contribution in [1.29, 1.82) is 0 Å². The van der Waals surface area contributed by atoms with Gasteiger partial charge in [0.15, 0.2) is 5.78 Å².